The van der Waals surface area contributed by atoms with Crippen LogP contribution in [0.15, 0.2) is 83.1 Å². The molecule has 10 nitrogen and oxygen atoms in total. The molecule has 0 spiro atoms. The van der Waals surface area contributed by atoms with Gasteiger partial charge in [-0.3, -0.25) is 19.1 Å². The van der Waals surface area contributed by atoms with Crippen molar-refractivity contribution in [3.63, 3.8) is 0 Å². The van der Waals surface area contributed by atoms with E-state index >= 15 is 0 Å². The molecule has 1 aromatic carbocycles. The molecule has 4 rings (SSSR count). The monoisotopic (exact) mass is 513 g/mol. The molecule has 174 valence electrons. The number of allylic oxidation sites excluding steroid dienone is 1. The fourth-order valence-corrected chi connectivity index (χ4v) is 5.43. The van der Waals surface area contributed by atoms with Crippen molar-refractivity contribution in [1.29, 1.82) is 0 Å². The number of carbonyl (C=O) groups excluding carboxylic acids is 1. The highest BCUT2D eigenvalue weighted by Crippen LogP contribution is 2.24. The van der Waals surface area contributed by atoms with E-state index in [1.807, 2.05) is 16.7 Å². The molecule has 0 aliphatic rings. The highest BCUT2D eigenvalue weighted by atomic mass is 32.2. The van der Waals surface area contributed by atoms with Crippen molar-refractivity contribution < 1.29 is 13.2 Å². The molecule has 2 N–H and O–H groups in total. The van der Waals surface area contributed by atoms with Gasteiger partial charge in [-0.2, -0.15) is 0 Å². The Morgan fingerprint density at radius 2 is 2.00 bits per heavy atom. The van der Waals surface area contributed by atoms with Gasteiger partial charge in [0.15, 0.2) is 16.1 Å². The van der Waals surface area contributed by atoms with E-state index in [4.69, 9.17) is 0 Å². The van der Waals surface area contributed by atoms with Crippen LogP contribution in [0.4, 0.5) is 10.8 Å². The van der Waals surface area contributed by atoms with Gasteiger partial charge >= 0.3 is 0 Å². The number of pyridine rings is 1. The zero-order valence-electron chi connectivity index (χ0n) is 17.7. The molecule has 13 heteroatoms. The largest absolute Gasteiger partial charge is 0.325 e. The number of benzene rings is 1. The maximum absolute atomic E-state index is 12.5. The SMILES string of the molecule is C=CCn1c(SCC(=O)Nc2ccc(S(=O)(=O)Nc3nccs3)cc2)nnc1-c1cccnc1. The molecular formula is C21H19N7O3S3. The van der Waals surface area contributed by atoms with E-state index in [1.54, 1.807) is 23.8 Å². The molecule has 0 unspecified atom stereocenters. The normalized spacial score (nSPS) is 11.2. The highest BCUT2D eigenvalue weighted by Gasteiger charge is 2.17. The van der Waals surface area contributed by atoms with Crippen LogP contribution in [0.1, 0.15) is 0 Å². The van der Waals surface area contributed by atoms with Crippen LogP contribution < -0.4 is 10.0 Å². The van der Waals surface area contributed by atoms with Crippen LogP contribution in [0.3, 0.4) is 0 Å². The smallest absolute Gasteiger partial charge is 0.263 e. The summed E-state index contributed by atoms with van der Waals surface area (Å²) in [6.45, 7) is 4.25. The first-order valence-corrected chi connectivity index (χ1v) is 13.2. The summed E-state index contributed by atoms with van der Waals surface area (Å²) in [7, 11) is -3.75. The lowest BCUT2D eigenvalue weighted by atomic mass is 10.3. The molecule has 0 radical (unpaired) electrons. The van der Waals surface area contributed by atoms with Gasteiger partial charge in [0, 0.05) is 41.8 Å². The van der Waals surface area contributed by atoms with Gasteiger partial charge in [-0.25, -0.2) is 13.4 Å². The van der Waals surface area contributed by atoms with E-state index in [9.17, 15) is 13.2 Å². The first kappa shape index (κ1) is 23.6. The molecular weight excluding hydrogens is 494 g/mol. The topological polar surface area (TPSA) is 132 Å². The summed E-state index contributed by atoms with van der Waals surface area (Å²) in [5.41, 5.74) is 1.29. The number of anilines is 2. The van der Waals surface area contributed by atoms with Crippen molar-refractivity contribution in [1.82, 2.24) is 24.7 Å². The van der Waals surface area contributed by atoms with Crippen molar-refractivity contribution in [2.75, 3.05) is 15.8 Å². The lowest BCUT2D eigenvalue weighted by Gasteiger charge is -2.09. The lowest BCUT2D eigenvalue weighted by molar-refractivity contribution is -0.113. The second-order valence-electron chi connectivity index (χ2n) is 6.75. The number of hydrogen-bond donors (Lipinski definition) is 2. The summed E-state index contributed by atoms with van der Waals surface area (Å²) >= 11 is 2.42. The average molecular weight is 514 g/mol. The summed E-state index contributed by atoms with van der Waals surface area (Å²) in [5, 5.41) is 13.7. The first-order chi connectivity index (χ1) is 16.5. The molecule has 0 fully saturated rings. The van der Waals surface area contributed by atoms with E-state index < -0.39 is 10.0 Å². The number of amides is 1. The Hall–Kier alpha value is -3.55. The Kier molecular flexibility index (Phi) is 7.35. The molecule has 3 heterocycles. The summed E-state index contributed by atoms with van der Waals surface area (Å²) in [5.74, 6) is 0.463. The van der Waals surface area contributed by atoms with E-state index in [0.717, 1.165) is 5.56 Å². The third-order valence-electron chi connectivity index (χ3n) is 4.38. The fourth-order valence-electron chi connectivity index (χ4n) is 2.89. The molecule has 3 aromatic heterocycles. The first-order valence-electron chi connectivity index (χ1n) is 9.86. The van der Waals surface area contributed by atoms with Gasteiger partial charge in [0.05, 0.1) is 10.6 Å². The number of nitrogens with one attached hydrogen (secondary N) is 2. The number of nitrogens with zero attached hydrogens (tertiary/aromatic N) is 5. The second-order valence-corrected chi connectivity index (χ2v) is 10.3. The van der Waals surface area contributed by atoms with Crippen LogP contribution in [0.5, 0.6) is 0 Å². The predicted molar refractivity (Wildman–Crippen MR) is 132 cm³/mol. The van der Waals surface area contributed by atoms with Gasteiger partial charge in [0.2, 0.25) is 5.91 Å². The predicted octanol–water partition coefficient (Wildman–Crippen LogP) is 3.51. The summed E-state index contributed by atoms with van der Waals surface area (Å²) in [6.07, 6.45) is 6.61. The molecule has 4 aromatic rings. The van der Waals surface area contributed by atoms with Crippen LogP contribution in [-0.2, 0) is 21.4 Å². The Balaban J connectivity index is 1.38. The molecule has 0 saturated heterocycles. The molecule has 0 saturated carbocycles. The lowest BCUT2D eigenvalue weighted by Crippen LogP contribution is -2.15. The number of carbonyl (C=O) groups is 1. The number of aromatic nitrogens is 5. The zero-order valence-corrected chi connectivity index (χ0v) is 20.1. The minimum absolute atomic E-state index is 0.0653. The van der Waals surface area contributed by atoms with E-state index in [1.165, 1.54) is 53.6 Å². The van der Waals surface area contributed by atoms with Crippen LogP contribution in [0, 0.1) is 0 Å². The van der Waals surface area contributed by atoms with Crippen molar-refractivity contribution >= 4 is 49.8 Å². The highest BCUT2D eigenvalue weighted by molar-refractivity contribution is 7.99. The van der Waals surface area contributed by atoms with Crippen molar-refractivity contribution in [3.8, 4) is 11.4 Å². The van der Waals surface area contributed by atoms with Gasteiger partial charge in [-0.05, 0) is 36.4 Å². The quantitative estimate of drug-likeness (QED) is 0.243. The van der Waals surface area contributed by atoms with Crippen LogP contribution >= 0.6 is 23.1 Å². The van der Waals surface area contributed by atoms with Crippen LogP contribution in [-0.4, -0.2) is 44.8 Å². The Labute approximate surface area is 204 Å². The standard InChI is InChI=1S/C21H19N7O3S3/c1-2-11-28-19(15-4-3-9-22-13-15)25-26-21(28)33-14-18(29)24-16-5-7-17(8-6-16)34(30,31)27-20-23-10-12-32-20/h2-10,12-13H,1,11,14H2,(H,23,27)(H,24,29). The van der Waals surface area contributed by atoms with E-state index in [0.29, 0.717) is 23.2 Å². The maximum Gasteiger partial charge on any atom is 0.263 e. The van der Waals surface area contributed by atoms with E-state index in [2.05, 4.69) is 36.8 Å². The number of hydrogen-bond acceptors (Lipinski definition) is 9. The maximum atomic E-state index is 12.5. The van der Waals surface area contributed by atoms with Gasteiger partial charge in [0.1, 0.15) is 0 Å². The van der Waals surface area contributed by atoms with Crippen molar-refractivity contribution in [2.45, 2.75) is 16.6 Å². The minimum atomic E-state index is -3.75. The molecule has 0 aliphatic heterocycles. The van der Waals surface area contributed by atoms with Crippen molar-refractivity contribution in [3.05, 3.63) is 73.0 Å². The van der Waals surface area contributed by atoms with Gasteiger partial charge in [-0.1, -0.05) is 17.8 Å². The van der Waals surface area contributed by atoms with Crippen LogP contribution in [0.2, 0.25) is 0 Å². The summed E-state index contributed by atoms with van der Waals surface area (Å²) in [4.78, 5) is 20.6. The Bertz CT molecular complexity index is 1370. The minimum Gasteiger partial charge on any atom is -0.325 e. The zero-order chi connectivity index (χ0) is 24.0. The number of sulfonamides is 1. The fraction of sp³-hybridized carbons (Fsp3) is 0.0952. The number of thiazole rings is 1. The third-order valence-corrected chi connectivity index (χ3v) is 7.52. The molecule has 0 aliphatic carbocycles. The molecule has 1 amide bonds. The Morgan fingerprint density at radius 3 is 2.68 bits per heavy atom. The van der Waals surface area contributed by atoms with Crippen molar-refractivity contribution in [2.24, 2.45) is 0 Å². The average Bonchev–Trinajstić information content (AvgIpc) is 3.48. The number of thioether (sulfide) groups is 1. The van der Waals surface area contributed by atoms with Gasteiger partial charge in [0.25, 0.3) is 10.0 Å². The van der Waals surface area contributed by atoms with Crippen LogP contribution in [0.25, 0.3) is 11.4 Å². The number of rotatable bonds is 10. The van der Waals surface area contributed by atoms with Gasteiger partial charge < -0.3 is 5.32 Å². The molecule has 0 atom stereocenters. The second kappa shape index (κ2) is 10.6. The Morgan fingerprint density at radius 1 is 1.18 bits per heavy atom. The van der Waals surface area contributed by atoms with E-state index in [-0.39, 0.29) is 21.7 Å². The molecule has 0 bridgehead atoms. The summed E-state index contributed by atoms with van der Waals surface area (Å²) in [6, 6.07) is 9.58. The molecule has 34 heavy (non-hydrogen) atoms. The van der Waals surface area contributed by atoms with Gasteiger partial charge in [-0.15, -0.1) is 28.1 Å². The summed E-state index contributed by atoms with van der Waals surface area (Å²) < 4.78 is 29.1. The third kappa shape index (κ3) is 5.68.